The standard InChI is InChI=1S/C15H15FN2O3/c1-10-7-12(16)4-6-15(10)21-9-11-3-5-14(18(19)20)13(8-11)17-2/h3-8,17H,9H2,1-2H3. The Morgan fingerprint density at radius 3 is 2.67 bits per heavy atom. The molecule has 0 heterocycles. The molecule has 0 aromatic heterocycles. The summed E-state index contributed by atoms with van der Waals surface area (Å²) in [6, 6.07) is 9.02. The molecular weight excluding hydrogens is 275 g/mol. The van der Waals surface area contributed by atoms with Gasteiger partial charge in [0.2, 0.25) is 0 Å². The molecule has 0 aliphatic carbocycles. The van der Waals surface area contributed by atoms with Gasteiger partial charge in [0.25, 0.3) is 5.69 Å². The van der Waals surface area contributed by atoms with Crippen LogP contribution in [0.3, 0.4) is 0 Å². The van der Waals surface area contributed by atoms with Crippen LogP contribution in [-0.2, 0) is 6.61 Å². The second-order valence-electron chi connectivity index (χ2n) is 4.56. The van der Waals surface area contributed by atoms with Crippen LogP contribution in [0.4, 0.5) is 15.8 Å². The summed E-state index contributed by atoms with van der Waals surface area (Å²) in [6.07, 6.45) is 0. The number of nitrogens with zero attached hydrogens (tertiary/aromatic N) is 1. The van der Waals surface area contributed by atoms with Crippen molar-refractivity contribution in [1.29, 1.82) is 0 Å². The van der Waals surface area contributed by atoms with Gasteiger partial charge >= 0.3 is 0 Å². The number of benzene rings is 2. The van der Waals surface area contributed by atoms with E-state index in [9.17, 15) is 14.5 Å². The van der Waals surface area contributed by atoms with Crippen molar-refractivity contribution in [2.24, 2.45) is 0 Å². The van der Waals surface area contributed by atoms with E-state index in [-0.39, 0.29) is 18.1 Å². The molecule has 5 nitrogen and oxygen atoms in total. The summed E-state index contributed by atoms with van der Waals surface area (Å²) in [5.41, 5.74) is 1.93. The van der Waals surface area contributed by atoms with E-state index in [0.717, 1.165) is 5.56 Å². The fourth-order valence-corrected chi connectivity index (χ4v) is 1.97. The molecule has 6 heteroatoms. The van der Waals surface area contributed by atoms with Crippen molar-refractivity contribution >= 4 is 11.4 Å². The molecule has 0 aliphatic rings. The highest BCUT2D eigenvalue weighted by molar-refractivity contribution is 5.62. The molecule has 0 saturated heterocycles. The van der Waals surface area contributed by atoms with Gasteiger partial charge in [0, 0.05) is 13.1 Å². The van der Waals surface area contributed by atoms with Crippen molar-refractivity contribution < 1.29 is 14.1 Å². The molecule has 0 fully saturated rings. The van der Waals surface area contributed by atoms with Gasteiger partial charge in [0.1, 0.15) is 23.9 Å². The maximum atomic E-state index is 13.0. The summed E-state index contributed by atoms with van der Waals surface area (Å²) < 4.78 is 18.6. The van der Waals surface area contributed by atoms with Gasteiger partial charge in [-0.15, -0.1) is 0 Å². The molecule has 1 N–H and O–H groups in total. The van der Waals surface area contributed by atoms with Gasteiger partial charge in [-0.3, -0.25) is 10.1 Å². The molecule has 2 aromatic carbocycles. The number of nitrogens with one attached hydrogen (secondary N) is 1. The quantitative estimate of drug-likeness (QED) is 0.674. The van der Waals surface area contributed by atoms with E-state index in [2.05, 4.69) is 5.32 Å². The average Bonchev–Trinajstić information content (AvgIpc) is 2.45. The molecule has 21 heavy (non-hydrogen) atoms. The van der Waals surface area contributed by atoms with Gasteiger partial charge in [-0.05, 0) is 48.4 Å². The van der Waals surface area contributed by atoms with Crippen LogP contribution < -0.4 is 10.1 Å². The van der Waals surface area contributed by atoms with Crippen molar-refractivity contribution in [3.8, 4) is 5.75 Å². The number of hydrogen-bond acceptors (Lipinski definition) is 4. The SMILES string of the molecule is CNc1cc(COc2ccc(F)cc2C)ccc1[N+](=O)[O-]. The molecular formula is C15H15FN2O3. The van der Waals surface area contributed by atoms with Crippen LogP contribution in [0.1, 0.15) is 11.1 Å². The molecule has 0 aliphatic heterocycles. The van der Waals surface area contributed by atoms with Gasteiger partial charge < -0.3 is 10.1 Å². The zero-order valence-corrected chi connectivity index (χ0v) is 11.7. The van der Waals surface area contributed by atoms with Crippen molar-refractivity contribution in [2.75, 3.05) is 12.4 Å². The Kier molecular flexibility index (Phi) is 4.37. The van der Waals surface area contributed by atoms with Crippen LogP contribution in [-0.4, -0.2) is 12.0 Å². The normalized spacial score (nSPS) is 10.2. The highest BCUT2D eigenvalue weighted by Gasteiger charge is 2.13. The maximum absolute atomic E-state index is 13.0. The van der Waals surface area contributed by atoms with Crippen LogP contribution >= 0.6 is 0 Å². The fraction of sp³-hybridized carbons (Fsp3) is 0.200. The third kappa shape index (κ3) is 3.47. The van der Waals surface area contributed by atoms with Gasteiger partial charge in [0.15, 0.2) is 0 Å². The molecule has 0 unspecified atom stereocenters. The number of aryl methyl sites for hydroxylation is 1. The van der Waals surface area contributed by atoms with Gasteiger partial charge in [-0.25, -0.2) is 4.39 Å². The minimum absolute atomic E-state index is 0.0132. The lowest BCUT2D eigenvalue weighted by molar-refractivity contribution is -0.384. The molecule has 0 amide bonds. The minimum Gasteiger partial charge on any atom is -0.489 e. The monoisotopic (exact) mass is 290 g/mol. The molecule has 2 rings (SSSR count). The van der Waals surface area contributed by atoms with Crippen molar-refractivity contribution in [2.45, 2.75) is 13.5 Å². The minimum atomic E-state index is -0.444. The summed E-state index contributed by atoms with van der Waals surface area (Å²) in [5, 5.41) is 13.6. The zero-order chi connectivity index (χ0) is 15.4. The van der Waals surface area contributed by atoms with Gasteiger partial charge in [-0.2, -0.15) is 0 Å². The van der Waals surface area contributed by atoms with E-state index < -0.39 is 4.92 Å². The number of ether oxygens (including phenoxy) is 1. The van der Waals surface area contributed by atoms with Crippen molar-refractivity contribution in [3.05, 3.63) is 63.5 Å². The Morgan fingerprint density at radius 1 is 1.29 bits per heavy atom. The first-order valence-electron chi connectivity index (χ1n) is 6.35. The number of anilines is 1. The third-order valence-electron chi connectivity index (χ3n) is 3.06. The lowest BCUT2D eigenvalue weighted by Gasteiger charge is -2.10. The van der Waals surface area contributed by atoms with Crippen LogP contribution in [0.25, 0.3) is 0 Å². The first-order chi connectivity index (χ1) is 10.0. The lowest BCUT2D eigenvalue weighted by Crippen LogP contribution is -2.01. The smallest absolute Gasteiger partial charge is 0.292 e. The Balaban J connectivity index is 2.15. The third-order valence-corrected chi connectivity index (χ3v) is 3.06. The van der Waals surface area contributed by atoms with Gasteiger partial charge in [-0.1, -0.05) is 0 Å². The predicted molar refractivity (Wildman–Crippen MR) is 78.1 cm³/mol. The molecule has 0 saturated carbocycles. The van der Waals surface area contributed by atoms with E-state index in [1.54, 1.807) is 32.2 Å². The van der Waals surface area contributed by atoms with Crippen LogP contribution in [0, 0.1) is 22.9 Å². The Labute approximate surface area is 121 Å². The van der Waals surface area contributed by atoms with E-state index in [1.165, 1.54) is 18.2 Å². The van der Waals surface area contributed by atoms with Crippen LogP contribution in [0.2, 0.25) is 0 Å². The van der Waals surface area contributed by atoms with Crippen molar-refractivity contribution in [3.63, 3.8) is 0 Å². The highest BCUT2D eigenvalue weighted by Crippen LogP contribution is 2.26. The molecule has 2 aromatic rings. The zero-order valence-electron chi connectivity index (χ0n) is 11.7. The summed E-state index contributed by atoms with van der Waals surface area (Å²) in [4.78, 5) is 10.4. The first kappa shape index (κ1) is 14.8. The van der Waals surface area contributed by atoms with Crippen LogP contribution in [0.5, 0.6) is 5.75 Å². The van der Waals surface area contributed by atoms with E-state index >= 15 is 0 Å². The fourth-order valence-electron chi connectivity index (χ4n) is 1.97. The molecule has 0 radical (unpaired) electrons. The van der Waals surface area contributed by atoms with E-state index in [0.29, 0.717) is 17.0 Å². The largest absolute Gasteiger partial charge is 0.489 e. The number of hydrogen-bond donors (Lipinski definition) is 1. The van der Waals surface area contributed by atoms with Crippen LogP contribution in [0.15, 0.2) is 36.4 Å². The van der Waals surface area contributed by atoms with Crippen molar-refractivity contribution in [1.82, 2.24) is 0 Å². The molecule has 0 spiro atoms. The summed E-state index contributed by atoms with van der Waals surface area (Å²) >= 11 is 0. The second-order valence-corrected chi connectivity index (χ2v) is 4.56. The number of nitro benzene ring substituents is 1. The lowest BCUT2D eigenvalue weighted by atomic mass is 10.1. The predicted octanol–water partition coefficient (Wildman–Crippen LogP) is 3.66. The number of halogens is 1. The number of nitro groups is 1. The highest BCUT2D eigenvalue weighted by atomic mass is 19.1. The summed E-state index contributed by atoms with van der Waals surface area (Å²) in [5.74, 6) is 0.272. The second kappa shape index (κ2) is 6.21. The van der Waals surface area contributed by atoms with E-state index in [1.807, 2.05) is 0 Å². The van der Waals surface area contributed by atoms with E-state index in [4.69, 9.17) is 4.74 Å². The number of rotatable bonds is 5. The summed E-state index contributed by atoms with van der Waals surface area (Å²) in [7, 11) is 1.62. The molecule has 110 valence electrons. The first-order valence-corrected chi connectivity index (χ1v) is 6.35. The Bertz CT molecular complexity index is 674. The Morgan fingerprint density at radius 2 is 2.05 bits per heavy atom. The van der Waals surface area contributed by atoms with Gasteiger partial charge in [0.05, 0.1) is 4.92 Å². The maximum Gasteiger partial charge on any atom is 0.292 e. The Hall–Kier alpha value is -2.63. The topological polar surface area (TPSA) is 64.4 Å². The molecule has 0 atom stereocenters. The molecule has 0 bridgehead atoms. The average molecular weight is 290 g/mol. The summed E-state index contributed by atoms with van der Waals surface area (Å²) in [6.45, 7) is 2.01.